The molecule has 174 valence electrons. The molecule has 2 nitrogen and oxygen atoms in total. The molecule has 2 aromatic carbocycles. The van der Waals surface area contributed by atoms with Crippen LogP contribution in [-0.2, 0) is 0 Å². The molecule has 0 heterocycles. The van der Waals surface area contributed by atoms with E-state index in [1.165, 1.54) is 27.8 Å². The number of hydrogen-bond donors (Lipinski definition) is 0. The summed E-state index contributed by atoms with van der Waals surface area (Å²) in [5, 5.41) is 9.02. The molecule has 0 saturated carbocycles. The summed E-state index contributed by atoms with van der Waals surface area (Å²) in [7, 11) is 0. The van der Waals surface area contributed by atoms with Crippen molar-refractivity contribution in [2.45, 2.75) is 72.1 Å². The van der Waals surface area contributed by atoms with Gasteiger partial charge >= 0.3 is 0 Å². The van der Waals surface area contributed by atoms with E-state index in [2.05, 4.69) is 64.6 Å². The van der Waals surface area contributed by atoms with Crippen LogP contribution in [0.5, 0.6) is 0 Å². The topological polar surface area (TPSA) is 40.9 Å². The maximum atomic E-state index is 13.1. The highest BCUT2D eigenvalue weighted by atomic mass is 16.1. The zero-order chi connectivity index (χ0) is 24.2. The molecular weight excluding hydrogens is 402 g/mol. The molecule has 0 saturated heterocycles. The van der Waals surface area contributed by atoms with Crippen LogP contribution in [0.2, 0.25) is 0 Å². The van der Waals surface area contributed by atoms with Crippen molar-refractivity contribution >= 4 is 11.4 Å². The Labute approximate surface area is 201 Å². The summed E-state index contributed by atoms with van der Waals surface area (Å²) in [6, 6.07) is 16.0. The lowest BCUT2D eigenvalue weighted by molar-refractivity contribution is 0.0977. The van der Waals surface area contributed by atoms with Crippen LogP contribution in [0.15, 0.2) is 72.8 Å². The smallest absolute Gasteiger partial charge is 0.162 e. The highest BCUT2D eigenvalue weighted by Gasteiger charge is 2.15. The highest BCUT2D eigenvalue weighted by molar-refractivity contribution is 5.97. The van der Waals surface area contributed by atoms with Gasteiger partial charge in [0, 0.05) is 13.4 Å². The van der Waals surface area contributed by atoms with Gasteiger partial charge in [-0.05, 0) is 97.9 Å². The monoisotopic (exact) mass is 441 g/mol. The number of nitrogens with zero attached hydrogens (tertiary/aromatic N) is 1. The molecule has 0 amide bonds. The summed E-state index contributed by atoms with van der Waals surface area (Å²) in [4.78, 5) is 13.1. The van der Waals surface area contributed by atoms with Crippen LogP contribution in [0.4, 0.5) is 0 Å². The number of rotatable bonds is 12. The third-order valence-corrected chi connectivity index (χ3v) is 6.34. The average Bonchev–Trinajstić information content (AvgIpc) is 2.84. The van der Waals surface area contributed by atoms with Crippen LogP contribution >= 0.6 is 0 Å². The molecule has 0 aliphatic carbocycles. The normalized spacial score (nSPS) is 12.8. The number of carbonyl (C=O) groups excluding carboxylic acids is 1. The predicted octanol–water partition coefficient (Wildman–Crippen LogP) is 8.98. The Hall–Kier alpha value is -3.18. The van der Waals surface area contributed by atoms with Gasteiger partial charge in [0.25, 0.3) is 0 Å². The standard InChI is InChI=1S/C31H37NO.H2/c1-6-9-10-11-12-23(4)29(8-3)30-21-28(16-13-24(30)5)31(33)20-19-26(7-2)27-17-14-25(22-32)15-18-27;/h6,11-18,21,26H,1,7-10,19-20H2,2-5H3;1H/b12-11+,29-23+;. The van der Waals surface area contributed by atoms with E-state index in [1.54, 1.807) is 0 Å². The number of unbranched alkanes of at least 4 members (excludes halogenated alkanes) is 1. The van der Waals surface area contributed by atoms with E-state index in [0.29, 0.717) is 17.9 Å². The number of carbonyl (C=O) groups is 1. The Kier molecular flexibility index (Phi) is 10.6. The summed E-state index contributed by atoms with van der Waals surface area (Å²) in [6.07, 6.45) is 11.5. The van der Waals surface area contributed by atoms with Gasteiger partial charge in [0.1, 0.15) is 0 Å². The first-order valence-corrected chi connectivity index (χ1v) is 12.1. The van der Waals surface area contributed by atoms with Crippen molar-refractivity contribution in [3.05, 3.63) is 101 Å². The second kappa shape index (κ2) is 13.4. The fourth-order valence-electron chi connectivity index (χ4n) is 4.26. The van der Waals surface area contributed by atoms with Crippen LogP contribution < -0.4 is 0 Å². The minimum atomic E-state index is 0. The lowest BCUT2D eigenvalue weighted by Crippen LogP contribution is -2.05. The van der Waals surface area contributed by atoms with E-state index >= 15 is 0 Å². The van der Waals surface area contributed by atoms with Crippen LogP contribution in [0.3, 0.4) is 0 Å². The number of benzene rings is 2. The predicted molar refractivity (Wildman–Crippen MR) is 143 cm³/mol. The van der Waals surface area contributed by atoms with E-state index in [1.807, 2.05) is 36.4 Å². The maximum absolute atomic E-state index is 13.1. The Balaban J connectivity index is 0.00000578. The SMILES string of the molecule is C=CCC/C=C/C(C)=C(\CC)c1cc(C(=O)CCC(CC)c2ccc(C#N)cc2)ccc1C.[HH]. The van der Waals surface area contributed by atoms with Crippen molar-refractivity contribution in [2.75, 3.05) is 0 Å². The first-order chi connectivity index (χ1) is 15.9. The number of Topliss-reactive ketones (excluding diaryl/α,β-unsaturated/α-hetero) is 1. The molecule has 0 aromatic heterocycles. The van der Waals surface area contributed by atoms with Crippen molar-refractivity contribution < 1.29 is 6.22 Å². The fourth-order valence-corrected chi connectivity index (χ4v) is 4.26. The lowest BCUT2D eigenvalue weighted by Gasteiger charge is -2.16. The van der Waals surface area contributed by atoms with Crippen molar-refractivity contribution in [2.24, 2.45) is 0 Å². The Morgan fingerprint density at radius 3 is 2.48 bits per heavy atom. The molecule has 0 bridgehead atoms. The first kappa shape index (κ1) is 26.1. The summed E-state index contributed by atoms with van der Waals surface area (Å²) < 4.78 is 0. The van der Waals surface area contributed by atoms with Gasteiger partial charge in [0.15, 0.2) is 5.78 Å². The van der Waals surface area contributed by atoms with Gasteiger partial charge in [-0.3, -0.25) is 4.79 Å². The molecule has 0 radical (unpaired) electrons. The van der Waals surface area contributed by atoms with Crippen LogP contribution in [0, 0.1) is 18.3 Å². The van der Waals surface area contributed by atoms with E-state index in [0.717, 1.165) is 37.7 Å². The molecule has 2 aromatic rings. The van der Waals surface area contributed by atoms with Gasteiger partial charge in [0.05, 0.1) is 11.6 Å². The molecule has 2 rings (SSSR count). The molecule has 0 fully saturated rings. The van der Waals surface area contributed by atoms with Gasteiger partial charge in [-0.25, -0.2) is 0 Å². The van der Waals surface area contributed by atoms with Gasteiger partial charge in [-0.2, -0.15) is 5.26 Å². The Bertz CT molecular complexity index is 1050. The van der Waals surface area contributed by atoms with Crippen LogP contribution in [0.25, 0.3) is 5.57 Å². The summed E-state index contributed by atoms with van der Waals surface area (Å²) in [5.74, 6) is 0.513. The largest absolute Gasteiger partial charge is 0.294 e. The molecule has 1 atom stereocenters. The zero-order valence-electron chi connectivity index (χ0n) is 20.7. The van der Waals surface area contributed by atoms with Crippen molar-refractivity contribution in [1.29, 1.82) is 5.26 Å². The van der Waals surface area contributed by atoms with Gasteiger partial charge in [-0.15, -0.1) is 6.58 Å². The fraction of sp³-hybridized carbons (Fsp3) is 0.355. The summed E-state index contributed by atoms with van der Waals surface area (Å²) in [6.45, 7) is 12.4. The van der Waals surface area contributed by atoms with Crippen molar-refractivity contribution in [3.63, 3.8) is 0 Å². The maximum Gasteiger partial charge on any atom is 0.162 e. The number of nitriles is 1. The minimum Gasteiger partial charge on any atom is -0.294 e. The summed E-state index contributed by atoms with van der Waals surface area (Å²) in [5.41, 5.74) is 7.58. The zero-order valence-corrected chi connectivity index (χ0v) is 20.7. The summed E-state index contributed by atoms with van der Waals surface area (Å²) >= 11 is 0. The molecular formula is C31H39NO. The number of hydrogen-bond acceptors (Lipinski definition) is 2. The number of aryl methyl sites for hydroxylation is 1. The second-order valence-electron chi connectivity index (χ2n) is 8.61. The Morgan fingerprint density at radius 2 is 1.88 bits per heavy atom. The first-order valence-electron chi connectivity index (χ1n) is 12.1. The van der Waals surface area contributed by atoms with Crippen molar-refractivity contribution in [1.82, 2.24) is 0 Å². The van der Waals surface area contributed by atoms with Gasteiger partial charge < -0.3 is 0 Å². The van der Waals surface area contributed by atoms with E-state index in [-0.39, 0.29) is 7.21 Å². The van der Waals surface area contributed by atoms with Gasteiger partial charge in [0.2, 0.25) is 0 Å². The quantitative estimate of drug-likeness (QED) is 0.143. The highest BCUT2D eigenvalue weighted by Crippen LogP contribution is 2.29. The lowest BCUT2D eigenvalue weighted by atomic mass is 9.88. The minimum absolute atomic E-state index is 0. The van der Waals surface area contributed by atoms with Crippen LogP contribution in [0.1, 0.15) is 99.3 Å². The van der Waals surface area contributed by atoms with E-state index < -0.39 is 0 Å². The Morgan fingerprint density at radius 1 is 1.15 bits per heavy atom. The average molecular weight is 442 g/mol. The van der Waals surface area contributed by atoms with Crippen molar-refractivity contribution in [3.8, 4) is 6.07 Å². The van der Waals surface area contributed by atoms with E-state index in [4.69, 9.17) is 5.26 Å². The molecule has 1 unspecified atom stereocenters. The number of ketones is 1. The molecule has 0 aliphatic heterocycles. The molecule has 0 spiro atoms. The molecule has 0 N–H and O–H groups in total. The molecule has 0 aliphatic rings. The third-order valence-electron chi connectivity index (χ3n) is 6.34. The van der Waals surface area contributed by atoms with Gasteiger partial charge in [-0.1, -0.05) is 56.3 Å². The van der Waals surface area contributed by atoms with E-state index in [9.17, 15) is 4.79 Å². The molecule has 2 heteroatoms. The molecule has 33 heavy (non-hydrogen) atoms. The van der Waals surface area contributed by atoms with Crippen LogP contribution in [-0.4, -0.2) is 5.78 Å². The second-order valence-corrected chi connectivity index (χ2v) is 8.61. The third kappa shape index (κ3) is 7.43. The number of allylic oxidation sites excluding steroid dienone is 5.